The van der Waals surface area contributed by atoms with E-state index in [9.17, 15) is 4.79 Å². The third kappa shape index (κ3) is 3.96. The van der Waals surface area contributed by atoms with Crippen molar-refractivity contribution in [2.75, 3.05) is 0 Å². The van der Waals surface area contributed by atoms with Crippen molar-refractivity contribution < 1.29 is 9.90 Å². The normalized spacial score (nSPS) is 21.3. The summed E-state index contributed by atoms with van der Waals surface area (Å²) < 4.78 is 0. The Bertz CT molecular complexity index is 156. The minimum absolute atomic E-state index is 0. The zero-order chi connectivity index (χ0) is 8.97. The van der Waals surface area contributed by atoms with Crippen LogP contribution in [0.5, 0.6) is 0 Å². The smallest absolute Gasteiger partial charge is 0.320 e. The molecule has 0 aliphatic heterocycles. The SMILES string of the molecule is Cl.N[C@@H](C(=O)O)C1CCCCCC1. The Kier molecular flexibility index (Phi) is 6.08. The van der Waals surface area contributed by atoms with Crippen LogP contribution in [-0.2, 0) is 4.79 Å². The summed E-state index contributed by atoms with van der Waals surface area (Å²) in [5, 5.41) is 8.70. The Hall–Kier alpha value is -0.280. The van der Waals surface area contributed by atoms with Gasteiger partial charge >= 0.3 is 5.97 Å². The fourth-order valence-electron chi connectivity index (χ4n) is 1.87. The van der Waals surface area contributed by atoms with Crippen molar-refractivity contribution in [2.45, 2.75) is 44.6 Å². The highest BCUT2D eigenvalue weighted by Crippen LogP contribution is 2.24. The average Bonchev–Trinajstić information content (AvgIpc) is 2.30. The number of carboxylic acid groups (broad SMARTS) is 1. The van der Waals surface area contributed by atoms with Crippen LogP contribution < -0.4 is 5.73 Å². The van der Waals surface area contributed by atoms with Gasteiger partial charge in [0.05, 0.1) is 0 Å². The van der Waals surface area contributed by atoms with Gasteiger partial charge in [0, 0.05) is 0 Å². The molecular formula is C9H18ClNO2. The van der Waals surface area contributed by atoms with Crippen LogP contribution in [0.2, 0.25) is 0 Å². The fraction of sp³-hybridized carbons (Fsp3) is 0.889. The molecule has 0 aromatic carbocycles. The number of carbonyl (C=O) groups is 1. The first-order valence-electron chi connectivity index (χ1n) is 4.70. The predicted molar refractivity (Wildman–Crippen MR) is 54.1 cm³/mol. The molecule has 0 heterocycles. The van der Waals surface area contributed by atoms with Crippen LogP contribution in [-0.4, -0.2) is 17.1 Å². The van der Waals surface area contributed by atoms with E-state index in [4.69, 9.17) is 10.8 Å². The maximum absolute atomic E-state index is 10.6. The van der Waals surface area contributed by atoms with E-state index in [1.165, 1.54) is 12.8 Å². The van der Waals surface area contributed by atoms with E-state index in [0.29, 0.717) is 0 Å². The van der Waals surface area contributed by atoms with Gasteiger partial charge in [-0.05, 0) is 18.8 Å². The minimum atomic E-state index is -0.845. The molecule has 0 aromatic heterocycles. The molecule has 0 saturated heterocycles. The first-order chi connectivity index (χ1) is 5.72. The summed E-state index contributed by atoms with van der Waals surface area (Å²) in [4.78, 5) is 10.6. The Morgan fingerprint density at radius 3 is 2.08 bits per heavy atom. The topological polar surface area (TPSA) is 63.3 Å². The summed E-state index contributed by atoms with van der Waals surface area (Å²) >= 11 is 0. The molecule has 3 N–H and O–H groups in total. The second-order valence-electron chi connectivity index (χ2n) is 3.62. The van der Waals surface area contributed by atoms with Crippen LogP contribution in [0.15, 0.2) is 0 Å². The van der Waals surface area contributed by atoms with Gasteiger partial charge in [-0.3, -0.25) is 4.79 Å². The molecule has 3 nitrogen and oxygen atoms in total. The average molecular weight is 208 g/mol. The van der Waals surface area contributed by atoms with Crippen molar-refractivity contribution in [3.05, 3.63) is 0 Å². The quantitative estimate of drug-likeness (QED) is 0.679. The fourth-order valence-corrected chi connectivity index (χ4v) is 1.87. The molecule has 1 atom stereocenters. The van der Waals surface area contributed by atoms with E-state index < -0.39 is 12.0 Å². The molecule has 1 rings (SSSR count). The van der Waals surface area contributed by atoms with Gasteiger partial charge in [0.15, 0.2) is 0 Å². The Balaban J connectivity index is 0.00000144. The van der Waals surface area contributed by atoms with Crippen LogP contribution in [0, 0.1) is 5.92 Å². The highest BCUT2D eigenvalue weighted by atomic mass is 35.5. The van der Waals surface area contributed by atoms with Crippen molar-refractivity contribution >= 4 is 18.4 Å². The Labute approximate surface area is 85.1 Å². The van der Waals surface area contributed by atoms with Crippen LogP contribution in [0.1, 0.15) is 38.5 Å². The molecule has 0 unspecified atom stereocenters. The summed E-state index contributed by atoms with van der Waals surface area (Å²) in [5.74, 6) is -0.633. The van der Waals surface area contributed by atoms with E-state index in [1.54, 1.807) is 0 Å². The lowest BCUT2D eigenvalue weighted by atomic mass is 9.93. The molecule has 78 valence electrons. The largest absolute Gasteiger partial charge is 0.480 e. The molecule has 1 fully saturated rings. The summed E-state index contributed by atoms with van der Waals surface area (Å²) in [6.07, 6.45) is 6.75. The first kappa shape index (κ1) is 12.7. The summed E-state index contributed by atoms with van der Waals surface area (Å²) in [6.45, 7) is 0. The lowest BCUT2D eigenvalue weighted by Gasteiger charge is -2.17. The Morgan fingerprint density at radius 1 is 1.23 bits per heavy atom. The molecule has 13 heavy (non-hydrogen) atoms. The number of nitrogens with two attached hydrogens (primary N) is 1. The van der Waals surface area contributed by atoms with Crippen LogP contribution in [0.25, 0.3) is 0 Å². The van der Waals surface area contributed by atoms with Crippen molar-refractivity contribution in [3.8, 4) is 0 Å². The second-order valence-corrected chi connectivity index (χ2v) is 3.62. The molecule has 0 radical (unpaired) electrons. The zero-order valence-corrected chi connectivity index (χ0v) is 8.55. The van der Waals surface area contributed by atoms with Crippen LogP contribution in [0.4, 0.5) is 0 Å². The number of hydrogen-bond acceptors (Lipinski definition) is 2. The number of rotatable bonds is 2. The van der Waals surface area contributed by atoms with E-state index in [-0.39, 0.29) is 18.3 Å². The number of halogens is 1. The third-order valence-corrected chi connectivity index (χ3v) is 2.69. The molecule has 1 saturated carbocycles. The maximum atomic E-state index is 10.6. The minimum Gasteiger partial charge on any atom is -0.480 e. The molecular weight excluding hydrogens is 190 g/mol. The first-order valence-corrected chi connectivity index (χ1v) is 4.70. The third-order valence-electron chi connectivity index (χ3n) is 2.69. The van der Waals surface area contributed by atoms with Crippen molar-refractivity contribution in [2.24, 2.45) is 11.7 Å². The van der Waals surface area contributed by atoms with E-state index in [2.05, 4.69) is 0 Å². The van der Waals surface area contributed by atoms with E-state index >= 15 is 0 Å². The van der Waals surface area contributed by atoms with Gasteiger partial charge < -0.3 is 10.8 Å². The van der Waals surface area contributed by atoms with Gasteiger partial charge in [-0.25, -0.2) is 0 Å². The monoisotopic (exact) mass is 207 g/mol. The summed E-state index contributed by atoms with van der Waals surface area (Å²) in [5.41, 5.74) is 5.56. The van der Waals surface area contributed by atoms with Crippen LogP contribution in [0.3, 0.4) is 0 Å². The van der Waals surface area contributed by atoms with Gasteiger partial charge in [0.25, 0.3) is 0 Å². The van der Waals surface area contributed by atoms with Crippen LogP contribution >= 0.6 is 12.4 Å². The number of aliphatic carboxylic acids is 1. The van der Waals surface area contributed by atoms with E-state index in [0.717, 1.165) is 25.7 Å². The summed E-state index contributed by atoms with van der Waals surface area (Å²) in [6, 6.07) is -0.636. The van der Waals surface area contributed by atoms with E-state index in [1.807, 2.05) is 0 Å². The standard InChI is InChI=1S/C9H17NO2.ClH/c10-8(9(11)12)7-5-3-1-2-4-6-7;/h7-8H,1-6,10H2,(H,11,12);1H/t8-;/m1./s1. The highest BCUT2D eigenvalue weighted by molar-refractivity contribution is 5.85. The van der Waals surface area contributed by atoms with Gasteiger partial charge in [-0.15, -0.1) is 12.4 Å². The van der Waals surface area contributed by atoms with Crippen molar-refractivity contribution in [3.63, 3.8) is 0 Å². The summed E-state index contributed by atoms with van der Waals surface area (Å²) in [7, 11) is 0. The second kappa shape index (κ2) is 6.22. The molecule has 1 aliphatic carbocycles. The lowest BCUT2D eigenvalue weighted by Crippen LogP contribution is -2.37. The maximum Gasteiger partial charge on any atom is 0.320 e. The Morgan fingerprint density at radius 2 is 1.69 bits per heavy atom. The van der Waals surface area contributed by atoms with Gasteiger partial charge in [0.2, 0.25) is 0 Å². The highest BCUT2D eigenvalue weighted by Gasteiger charge is 2.24. The van der Waals surface area contributed by atoms with Crippen molar-refractivity contribution in [1.29, 1.82) is 0 Å². The lowest BCUT2D eigenvalue weighted by molar-refractivity contribution is -0.140. The van der Waals surface area contributed by atoms with Gasteiger partial charge in [0.1, 0.15) is 6.04 Å². The molecule has 4 heteroatoms. The molecule has 0 aromatic rings. The zero-order valence-electron chi connectivity index (χ0n) is 7.74. The molecule has 1 aliphatic rings. The van der Waals surface area contributed by atoms with Gasteiger partial charge in [-0.2, -0.15) is 0 Å². The number of carboxylic acids is 1. The predicted octanol–water partition coefficient (Wildman–Crippen LogP) is 1.79. The molecule has 0 amide bonds. The van der Waals surface area contributed by atoms with Crippen molar-refractivity contribution in [1.82, 2.24) is 0 Å². The van der Waals surface area contributed by atoms with Gasteiger partial charge in [-0.1, -0.05) is 25.7 Å². The molecule has 0 spiro atoms. The molecule has 0 bridgehead atoms. The number of hydrogen-bond donors (Lipinski definition) is 2.